The number of hydrogen-bond acceptors (Lipinski definition) is 3. The molecule has 0 saturated carbocycles. The molecule has 1 aromatic rings. The lowest BCUT2D eigenvalue weighted by molar-refractivity contribution is 1.10. The smallest absolute Gasteiger partial charge is 0.222 e. The predicted octanol–water partition coefficient (Wildman–Crippen LogP) is 2.19. The first kappa shape index (κ1) is 10.2. The second-order valence-corrected chi connectivity index (χ2v) is 2.61. The first-order valence-corrected chi connectivity index (χ1v) is 4.31. The molecule has 1 N–H and O–H groups in total. The highest BCUT2D eigenvalue weighted by Crippen LogP contribution is 1.99. The Kier molecular flexibility index (Phi) is 4.14. The molecule has 0 aliphatic rings. The van der Waals surface area contributed by atoms with Crippen LogP contribution in [0.25, 0.3) is 0 Å². The summed E-state index contributed by atoms with van der Waals surface area (Å²) >= 11 is 0. The number of anilines is 1. The molecule has 0 spiro atoms. The van der Waals surface area contributed by atoms with E-state index in [0.29, 0.717) is 12.5 Å². The summed E-state index contributed by atoms with van der Waals surface area (Å²) in [5.41, 5.74) is 1.05. The average Bonchev–Trinajstić information content (AvgIpc) is 2.25. The Hall–Kier alpha value is -1.90. The van der Waals surface area contributed by atoms with Crippen molar-refractivity contribution in [2.24, 2.45) is 0 Å². The first-order valence-electron chi connectivity index (χ1n) is 4.31. The van der Waals surface area contributed by atoms with Crippen molar-refractivity contribution in [1.82, 2.24) is 9.97 Å². The summed E-state index contributed by atoms with van der Waals surface area (Å²) < 4.78 is 0. The molecule has 3 nitrogen and oxygen atoms in total. The van der Waals surface area contributed by atoms with Crippen LogP contribution in [0.2, 0.25) is 0 Å². The van der Waals surface area contributed by atoms with Gasteiger partial charge in [0, 0.05) is 18.9 Å². The molecule has 3 heteroatoms. The van der Waals surface area contributed by atoms with Gasteiger partial charge >= 0.3 is 0 Å². The molecule has 1 rings (SSSR count). The van der Waals surface area contributed by atoms with Crippen molar-refractivity contribution >= 4 is 5.95 Å². The summed E-state index contributed by atoms with van der Waals surface area (Å²) in [5.74, 6) is 0.615. The fourth-order valence-corrected chi connectivity index (χ4v) is 0.922. The van der Waals surface area contributed by atoms with Gasteiger partial charge in [-0.3, -0.25) is 0 Å². The van der Waals surface area contributed by atoms with Crippen molar-refractivity contribution in [3.63, 3.8) is 0 Å². The van der Waals surface area contributed by atoms with Gasteiger partial charge in [-0.05, 0) is 11.6 Å². The average molecular weight is 187 g/mol. The number of nitrogens with zero attached hydrogens (tertiary/aromatic N) is 2. The lowest BCUT2D eigenvalue weighted by Crippen LogP contribution is -2.05. The maximum atomic E-state index is 4.04. The van der Waals surface area contributed by atoms with Gasteiger partial charge in [-0.1, -0.05) is 31.4 Å². The molecule has 0 unspecified atom stereocenters. The maximum Gasteiger partial charge on any atom is 0.222 e. The van der Waals surface area contributed by atoms with E-state index >= 15 is 0 Å². The summed E-state index contributed by atoms with van der Waals surface area (Å²) in [6.45, 7) is 7.97. The Bertz CT molecular complexity index is 328. The van der Waals surface area contributed by atoms with Crippen molar-refractivity contribution in [3.05, 3.63) is 55.4 Å². The fourth-order valence-electron chi connectivity index (χ4n) is 0.922. The molecule has 0 bridgehead atoms. The van der Waals surface area contributed by atoms with Gasteiger partial charge in [-0.2, -0.15) is 0 Å². The van der Waals surface area contributed by atoms with Crippen LogP contribution < -0.4 is 5.32 Å². The summed E-state index contributed by atoms with van der Waals surface area (Å²) in [6.07, 6.45) is 8.78. The highest BCUT2D eigenvalue weighted by atomic mass is 15.1. The van der Waals surface area contributed by atoms with Gasteiger partial charge < -0.3 is 5.32 Å². The van der Waals surface area contributed by atoms with Gasteiger partial charge in [0.2, 0.25) is 5.95 Å². The molecular weight excluding hydrogens is 174 g/mol. The molecule has 0 amide bonds. The van der Waals surface area contributed by atoms with Crippen LogP contribution in [0.1, 0.15) is 0 Å². The van der Waals surface area contributed by atoms with Crippen molar-refractivity contribution < 1.29 is 0 Å². The zero-order chi connectivity index (χ0) is 10.2. The minimum Gasteiger partial charge on any atom is -0.350 e. The van der Waals surface area contributed by atoms with Crippen LogP contribution >= 0.6 is 0 Å². The predicted molar refractivity (Wildman–Crippen MR) is 59.0 cm³/mol. The molecule has 1 aromatic heterocycles. The van der Waals surface area contributed by atoms with Gasteiger partial charge in [-0.15, -0.1) is 0 Å². The van der Waals surface area contributed by atoms with Crippen molar-refractivity contribution in [2.75, 3.05) is 11.9 Å². The molecule has 0 saturated heterocycles. The van der Waals surface area contributed by atoms with Crippen LogP contribution in [0.3, 0.4) is 0 Å². The topological polar surface area (TPSA) is 37.8 Å². The van der Waals surface area contributed by atoms with E-state index in [1.165, 1.54) is 0 Å². The second-order valence-electron chi connectivity index (χ2n) is 2.61. The van der Waals surface area contributed by atoms with E-state index in [0.717, 1.165) is 5.57 Å². The van der Waals surface area contributed by atoms with E-state index in [4.69, 9.17) is 0 Å². The lowest BCUT2D eigenvalue weighted by Gasteiger charge is -2.03. The molecule has 0 aliphatic heterocycles. The zero-order valence-electron chi connectivity index (χ0n) is 7.98. The molecule has 0 atom stereocenters. The van der Waals surface area contributed by atoms with Gasteiger partial charge in [0.05, 0.1) is 0 Å². The van der Waals surface area contributed by atoms with Crippen LogP contribution in [-0.2, 0) is 0 Å². The Morgan fingerprint density at radius 2 is 2.07 bits per heavy atom. The molecule has 72 valence electrons. The van der Waals surface area contributed by atoms with Crippen LogP contribution in [-0.4, -0.2) is 16.5 Å². The highest BCUT2D eigenvalue weighted by Gasteiger charge is 1.93. The van der Waals surface area contributed by atoms with E-state index in [9.17, 15) is 0 Å². The third-order valence-corrected chi connectivity index (χ3v) is 1.61. The monoisotopic (exact) mass is 187 g/mol. The quantitative estimate of drug-likeness (QED) is 0.718. The molecule has 0 aromatic carbocycles. The van der Waals surface area contributed by atoms with Gasteiger partial charge in [0.15, 0.2) is 0 Å². The SMILES string of the molecule is C=C/C=C(\C=C)CNc1ncccn1. The Labute approximate surface area is 83.9 Å². The standard InChI is InChI=1S/C11H13N3/c1-3-6-10(4-2)9-14-11-12-7-5-8-13-11/h3-8H,1-2,9H2,(H,12,13,14)/b10-6+. The van der Waals surface area contributed by atoms with Crippen molar-refractivity contribution in [3.8, 4) is 0 Å². The summed E-state index contributed by atoms with van der Waals surface area (Å²) in [4.78, 5) is 8.07. The third kappa shape index (κ3) is 3.23. The van der Waals surface area contributed by atoms with Gasteiger partial charge in [0.1, 0.15) is 0 Å². The van der Waals surface area contributed by atoms with Crippen LogP contribution in [0.4, 0.5) is 5.95 Å². The van der Waals surface area contributed by atoms with E-state index in [-0.39, 0.29) is 0 Å². The molecule has 14 heavy (non-hydrogen) atoms. The third-order valence-electron chi connectivity index (χ3n) is 1.61. The first-order chi connectivity index (χ1) is 6.86. The van der Waals surface area contributed by atoms with Crippen molar-refractivity contribution in [2.45, 2.75) is 0 Å². The van der Waals surface area contributed by atoms with Gasteiger partial charge in [-0.25, -0.2) is 9.97 Å². The molecule has 0 aliphatic carbocycles. The molecule has 0 fully saturated rings. The van der Waals surface area contributed by atoms with E-state index < -0.39 is 0 Å². The Morgan fingerprint density at radius 1 is 1.36 bits per heavy atom. The number of hydrogen-bond donors (Lipinski definition) is 1. The lowest BCUT2D eigenvalue weighted by atomic mass is 10.2. The number of nitrogens with one attached hydrogen (secondary N) is 1. The molecular formula is C11H13N3. The Balaban J connectivity index is 2.52. The Morgan fingerprint density at radius 3 is 2.64 bits per heavy atom. The summed E-state index contributed by atoms with van der Waals surface area (Å²) in [7, 11) is 0. The maximum absolute atomic E-state index is 4.04. The normalized spacial score (nSPS) is 10.7. The number of rotatable bonds is 5. The highest BCUT2D eigenvalue weighted by molar-refractivity contribution is 5.31. The van der Waals surface area contributed by atoms with Crippen molar-refractivity contribution in [1.29, 1.82) is 0 Å². The largest absolute Gasteiger partial charge is 0.350 e. The van der Waals surface area contributed by atoms with Gasteiger partial charge in [0.25, 0.3) is 0 Å². The molecule has 1 heterocycles. The number of allylic oxidation sites excluding steroid dienone is 2. The minimum atomic E-state index is 0.615. The summed E-state index contributed by atoms with van der Waals surface area (Å²) in [5, 5.41) is 3.07. The second kappa shape index (κ2) is 5.70. The van der Waals surface area contributed by atoms with Crippen LogP contribution in [0, 0.1) is 0 Å². The van der Waals surface area contributed by atoms with Crippen LogP contribution in [0.5, 0.6) is 0 Å². The minimum absolute atomic E-state index is 0.615. The zero-order valence-corrected chi connectivity index (χ0v) is 7.98. The molecule has 0 radical (unpaired) electrons. The van der Waals surface area contributed by atoms with Crippen LogP contribution in [0.15, 0.2) is 55.4 Å². The fraction of sp³-hybridized carbons (Fsp3) is 0.0909. The summed E-state index contributed by atoms with van der Waals surface area (Å²) in [6, 6.07) is 1.78. The van der Waals surface area contributed by atoms with E-state index in [1.54, 1.807) is 30.6 Å². The number of aromatic nitrogens is 2. The van der Waals surface area contributed by atoms with E-state index in [1.807, 2.05) is 6.08 Å². The van der Waals surface area contributed by atoms with E-state index in [2.05, 4.69) is 28.4 Å².